The molecule has 2 aromatic carbocycles. The zero-order valence-electron chi connectivity index (χ0n) is 14.4. The van der Waals surface area contributed by atoms with Crippen LogP contribution in [0.4, 0.5) is 13.2 Å². The molecule has 0 aliphatic rings. The first-order valence-corrected chi connectivity index (χ1v) is 8.87. The van der Waals surface area contributed by atoms with Gasteiger partial charge in [0.15, 0.2) is 5.06 Å². The first-order valence-electron chi connectivity index (χ1n) is 8.06. The molecule has 0 saturated heterocycles. The average Bonchev–Trinajstić information content (AvgIpc) is 2.65. The van der Waals surface area contributed by atoms with Gasteiger partial charge in [0.2, 0.25) is 5.43 Å². The Morgan fingerprint density at radius 1 is 1.10 bits per heavy atom. The number of rotatable bonds is 4. The van der Waals surface area contributed by atoms with Gasteiger partial charge in [-0.05, 0) is 29.3 Å². The van der Waals surface area contributed by atoms with Gasteiger partial charge in [-0.15, -0.1) is 0 Å². The second kappa shape index (κ2) is 7.55. The zero-order valence-corrected chi connectivity index (χ0v) is 15.2. The summed E-state index contributed by atoms with van der Waals surface area (Å²) >= 11 is 0.633. The Bertz CT molecular complexity index is 1190. The number of hydrogen-bond donors (Lipinski definition) is 3. The third kappa shape index (κ3) is 4.06. The molecule has 0 radical (unpaired) electrons. The van der Waals surface area contributed by atoms with Gasteiger partial charge in [-0.25, -0.2) is 0 Å². The van der Waals surface area contributed by atoms with Crippen LogP contribution in [0.3, 0.4) is 0 Å². The number of benzene rings is 2. The van der Waals surface area contributed by atoms with E-state index in [1.165, 1.54) is 36.4 Å². The van der Waals surface area contributed by atoms with Crippen LogP contribution in [-0.4, -0.2) is 28.6 Å². The van der Waals surface area contributed by atoms with Gasteiger partial charge in [0.1, 0.15) is 12.1 Å². The number of carbonyl (C=O) groups is 2. The van der Waals surface area contributed by atoms with Crippen LogP contribution >= 0.6 is 11.3 Å². The first kappa shape index (κ1) is 20.3. The Kier molecular flexibility index (Phi) is 5.29. The number of halogens is 3. The maximum atomic E-state index is 13.3. The van der Waals surface area contributed by atoms with Crippen LogP contribution in [0.2, 0.25) is 0 Å². The Morgan fingerprint density at radius 2 is 1.79 bits per heavy atom. The second-order valence-corrected chi connectivity index (χ2v) is 6.97. The predicted molar refractivity (Wildman–Crippen MR) is 100 cm³/mol. The summed E-state index contributed by atoms with van der Waals surface area (Å²) in [4.78, 5) is 35.1. The maximum absolute atomic E-state index is 13.3. The van der Waals surface area contributed by atoms with Crippen molar-refractivity contribution in [2.24, 2.45) is 0 Å². The molecule has 3 rings (SSSR count). The highest BCUT2D eigenvalue weighted by Crippen LogP contribution is 2.38. The van der Waals surface area contributed by atoms with Gasteiger partial charge in [0, 0.05) is 10.1 Å². The van der Waals surface area contributed by atoms with E-state index in [0.717, 1.165) is 6.07 Å². The van der Waals surface area contributed by atoms with Crippen molar-refractivity contribution in [1.82, 2.24) is 5.32 Å². The smallest absolute Gasteiger partial charge is 0.417 e. The molecule has 0 aliphatic heterocycles. The van der Waals surface area contributed by atoms with E-state index < -0.39 is 46.2 Å². The number of hydrogen-bond acceptors (Lipinski definition) is 5. The van der Waals surface area contributed by atoms with E-state index in [9.17, 15) is 32.7 Å². The number of carboxylic acids is 1. The zero-order chi connectivity index (χ0) is 21.3. The van der Waals surface area contributed by atoms with Gasteiger partial charge in [-0.2, -0.15) is 13.2 Å². The van der Waals surface area contributed by atoms with E-state index in [-0.39, 0.29) is 21.2 Å². The van der Waals surface area contributed by atoms with Crippen molar-refractivity contribution in [3.8, 4) is 16.2 Å². The normalized spacial score (nSPS) is 11.4. The lowest BCUT2D eigenvalue weighted by Crippen LogP contribution is -2.32. The fourth-order valence-corrected chi connectivity index (χ4v) is 3.73. The van der Waals surface area contributed by atoms with Crippen molar-refractivity contribution in [2.75, 3.05) is 6.54 Å². The molecule has 0 saturated carbocycles. The lowest BCUT2D eigenvalue weighted by Gasteiger charge is -2.13. The fraction of sp³-hybridized carbons (Fsp3) is 0.105. The minimum Gasteiger partial charge on any atom is -0.499 e. The fourth-order valence-electron chi connectivity index (χ4n) is 2.78. The van der Waals surface area contributed by atoms with Crippen molar-refractivity contribution in [3.63, 3.8) is 0 Å². The highest BCUT2D eigenvalue weighted by molar-refractivity contribution is 7.20. The van der Waals surface area contributed by atoms with Crippen LogP contribution in [0.5, 0.6) is 5.06 Å². The number of alkyl halides is 3. The number of carboxylic acid groups (broad SMARTS) is 1. The summed E-state index contributed by atoms with van der Waals surface area (Å²) in [7, 11) is 0. The molecule has 6 nitrogen and oxygen atoms in total. The molecule has 0 bridgehead atoms. The Morgan fingerprint density at radius 3 is 2.45 bits per heavy atom. The van der Waals surface area contributed by atoms with Gasteiger partial charge >= 0.3 is 12.1 Å². The minimum absolute atomic E-state index is 0.0153. The molecule has 0 spiro atoms. The standard InChI is InChI=1S/C19H12F3NO5S/c20-19(21,22)12-4-2-1-3-10(12)9-5-6-11-13(7-9)29-18(28)15(16(11)26)17(27)23-8-14(24)25/h1-7,28H,8H2,(H,23,27)(H,24,25). The highest BCUT2D eigenvalue weighted by atomic mass is 32.1. The molecule has 1 heterocycles. The van der Waals surface area contributed by atoms with E-state index in [4.69, 9.17) is 5.11 Å². The van der Waals surface area contributed by atoms with Crippen molar-refractivity contribution in [3.05, 3.63) is 63.8 Å². The Balaban J connectivity index is 2.12. The summed E-state index contributed by atoms with van der Waals surface area (Å²) in [5.74, 6) is -2.39. The molecule has 10 heteroatoms. The van der Waals surface area contributed by atoms with Crippen LogP contribution in [0.15, 0.2) is 47.3 Å². The summed E-state index contributed by atoms with van der Waals surface area (Å²) in [5.41, 5.74) is -2.23. The van der Waals surface area contributed by atoms with E-state index in [1.807, 2.05) is 5.32 Å². The van der Waals surface area contributed by atoms with Gasteiger partial charge in [0.25, 0.3) is 5.91 Å². The molecule has 3 N–H and O–H groups in total. The molecule has 1 aromatic heterocycles. The van der Waals surface area contributed by atoms with Crippen molar-refractivity contribution in [2.45, 2.75) is 6.18 Å². The second-order valence-electron chi connectivity index (χ2n) is 5.94. The van der Waals surface area contributed by atoms with Crippen LogP contribution in [0, 0.1) is 0 Å². The van der Waals surface area contributed by atoms with E-state index in [1.54, 1.807) is 0 Å². The number of aliphatic carboxylic acids is 1. The minimum atomic E-state index is -4.58. The third-order valence-corrected chi connectivity index (χ3v) is 5.00. The number of aromatic hydroxyl groups is 1. The lowest BCUT2D eigenvalue weighted by atomic mass is 9.98. The summed E-state index contributed by atoms with van der Waals surface area (Å²) < 4.78 is 40.0. The summed E-state index contributed by atoms with van der Waals surface area (Å²) in [6, 6.07) is 8.85. The summed E-state index contributed by atoms with van der Waals surface area (Å²) in [5, 5.41) is 20.0. The van der Waals surface area contributed by atoms with Crippen LogP contribution in [0.1, 0.15) is 15.9 Å². The molecule has 0 aliphatic carbocycles. The summed E-state index contributed by atoms with van der Waals surface area (Å²) in [6.45, 7) is -0.742. The number of carbonyl (C=O) groups excluding carboxylic acids is 1. The number of amides is 1. The molecule has 3 aromatic rings. The largest absolute Gasteiger partial charge is 0.499 e. The average molecular weight is 423 g/mol. The molecular formula is C19H12F3NO5S. The molecule has 29 heavy (non-hydrogen) atoms. The van der Waals surface area contributed by atoms with E-state index >= 15 is 0 Å². The molecule has 150 valence electrons. The van der Waals surface area contributed by atoms with E-state index in [0.29, 0.717) is 11.3 Å². The van der Waals surface area contributed by atoms with Gasteiger partial charge in [0.05, 0.1) is 5.56 Å². The Hall–Kier alpha value is -3.40. The summed E-state index contributed by atoms with van der Waals surface area (Å²) in [6.07, 6.45) is -4.58. The first-order chi connectivity index (χ1) is 13.6. The van der Waals surface area contributed by atoms with E-state index in [2.05, 4.69) is 0 Å². The highest BCUT2D eigenvalue weighted by Gasteiger charge is 2.33. The van der Waals surface area contributed by atoms with Crippen molar-refractivity contribution < 1.29 is 33.0 Å². The van der Waals surface area contributed by atoms with Crippen molar-refractivity contribution in [1.29, 1.82) is 0 Å². The van der Waals surface area contributed by atoms with Gasteiger partial charge < -0.3 is 15.5 Å². The number of fused-ring (bicyclic) bond motifs is 1. The number of nitrogens with one attached hydrogen (secondary N) is 1. The topological polar surface area (TPSA) is 104 Å². The quantitative estimate of drug-likeness (QED) is 0.596. The van der Waals surface area contributed by atoms with Crippen molar-refractivity contribution >= 4 is 33.3 Å². The maximum Gasteiger partial charge on any atom is 0.417 e. The monoisotopic (exact) mass is 423 g/mol. The molecular weight excluding hydrogens is 411 g/mol. The predicted octanol–water partition coefficient (Wildman–Crippen LogP) is 3.47. The lowest BCUT2D eigenvalue weighted by molar-refractivity contribution is -0.137. The van der Waals surface area contributed by atoms with Crippen LogP contribution in [-0.2, 0) is 11.0 Å². The SMILES string of the molecule is O=C(O)CNC(=O)c1c(O)sc2cc(-c3ccccc3C(F)(F)F)ccc2c1=O. The third-order valence-electron chi connectivity index (χ3n) is 4.04. The molecule has 0 unspecified atom stereocenters. The van der Waals surface area contributed by atoms with Crippen LogP contribution in [0.25, 0.3) is 21.2 Å². The molecule has 0 fully saturated rings. The Labute approximate surface area is 164 Å². The van der Waals surface area contributed by atoms with Gasteiger partial charge in [-0.1, -0.05) is 35.6 Å². The molecule has 0 atom stereocenters. The van der Waals surface area contributed by atoms with Gasteiger partial charge in [-0.3, -0.25) is 14.4 Å². The molecule has 1 amide bonds. The van der Waals surface area contributed by atoms with Crippen LogP contribution < -0.4 is 10.7 Å².